The number of nitrogens with zero attached hydrogens (tertiary/aromatic N) is 2. The van der Waals surface area contributed by atoms with Gasteiger partial charge in [0.05, 0.1) is 16.8 Å². The number of H-pyrrole nitrogens is 1. The smallest absolute Gasteiger partial charge is 0.243 e. The second kappa shape index (κ2) is 8.97. The first-order valence-electron chi connectivity index (χ1n) is 10.2. The summed E-state index contributed by atoms with van der Waals surface area (Å²) in [6, 6.07) is 13.2. The fraction of sp³-hybridized carbons (Fsp3) is 0.318. The third-order valence-corrected chi connectivity index (χ3v) is 7.25. The van der Waals surface area contributed by atoms with E-state index in [1.807, 2.05) is 12.1 Å². The van der Waals surface area contributed by atoms with Crippen LogP contribution in [0.1, 0.15) is 31.2 Å². The first-order valence-corrected chi connectivity index (χ1v) is 11.6. The minimum Gasteiger partial charge on any atom is -0.381 e. The summed E-state index contributed by atoms with van der Waals surface area (Å²) in [4.78, 5) is 0.298. The maximum absolute atomic E-state index is 13.6. The van der Waals surface area contributed by atoms with Crippen molar-refractivity contribution in [2.45, 2.75) is 37.1 Å². The van der Waals surface area contributed by atoms with Crippen LogP contribution in [0.4, 0.5) is 10.1 Å². The number of aromatic nitrogens is 2. The molecule has 0 saturated carbocycles. The molecule has 6 nitrogen and oxygen atoms in total. The molecule has 2 aromatic carbocycles. The first kappa shape index (κ1) is 20.6. The summed E-state index contributed by atoms with van der Waals surface area (Å²) in [5, 5.41) is 10.3. The van der Waals surface area contributed by atoms with Gasteiger partial charge in [-0.15, -0.1) is 0 Å². The number of nitrogens with one attached hydrogen (secondary N) is 2. The van der Waals surface area contributed by atoms with Crippen LogP contribution in [0.2, 0.25) is 0 Å². The van der Waals surface area contributed by atoms with E-state index in [0.29, 0.717) is 35.8 Å². The van der Waals surface area contributed by atoms with Crippen LogP contribution < -0.4 is 5.32 Å². The summed E-state index contributed by atoms with van der Waals surface area (Å²) in [7, 11) is -3.50. The van der Waals surface area contributed by atoms with E-state index in [1.54, 1.807) is 34.8 Å². The standard InChI is InChI=1S/C22H25FN4O2S/c23-19-8-5-7-17(13-19)22-18(16-25-26-22)15-24-20-9-6-10-21(14-20)30(28,29)27-11-3-1-2-4-12-27/h5-10,13-14,16,24H,1-4,11-12,15H2,(H,25,26). The summed E-state index contributed by atoms with van der Waals surface area (Å²) >= 11 is 0. The molecule has 0 spiro atoms. The molecule has 1 aromatic heterocycles. The van der Waals surface area contributed by atoms with Crippen LogP contribution in [-0.2, 0) is 16.6 Å². The number of hydrogen-bond acceptors (Lipinski definition) is 4. The van der Waals surface area contributed by atoms with Gasteiger partial charge in [-0.1, -0.05) is 31.0 Å². The number of rotatable bonds is 6. The Bertz CT molecular complexity index is 1110. The highest BCUT2D eigenvalue weighted by atomic mass is 32.2. The van der Waals surface area contributed by atoms with Gasteiger partial charge in [0.2, 0.25) is 10.0 Å². The molecule has 0 amide bonds. The second-order valence-electron chi connectivity index (χ2n) is 7.48. The van der Waals surface area contributed by atoms with Gasteiger partial charge in [0, 0.05) is 36.4 Å². The Hall–Kier alpha value is -2.71. The molecule has 158 valence electrons. The van der Waals surface area contributed by atoms with Crippen molar-refractivity contribution in [3.63, 3.8) is 0 Å². The average Bonchev–Trinajstić information content (AvgIpc) is 3.04. The molecule has 0 atom stereocenters. The zero-order valence-corrected chi connectivity index (χ0v) is 17.5. The molecule has 0 radical (unpaired) electrons. The molecule has 2 heterocycles. The number of benzene rings is 2. The lowest BCUT2D eigenvalue weighted by Gasteiger charge is -2.20. The first-order chi connectivity index (χ1) is 14.5. The van der Waals surface area contributed by atoms with Crippen LogP contribution in [0.3, 0.4) is 0 Å². The Morgan fingerprint density at radius 1 is 1.03 bits per heavy atom. The van der Waals surface area contributed by atoms with Crippen LogP contribution in [-0.4, -0.2) is 36.0 Å². The van der Waals surface area contributed by atoms with E-state index in [2.05, 4.69) is 15.5 Å². The van der Waals surface area contributed by atoms with E-state index in [0.717, 1.165) is 36.9 Å². The lowest BCUT2D eigenvalue weighted by Crippen LogP contribution is -2.31. The maximum Gasteiger partial charge on any atom is 0.243 e. The fourth-order valence-electron chi connectivity index (χ4n) is 3.73. The topological polar surface area (TPSA) is 78.1 Å². The number of anilines is 1. The van der Waals surface area contributed by atoms with E-state index in [-0.39, 0.29) is 5.82 Å². The predicted octanol–water partition coefficient (Wildman–Crippen LogP) is 4.39. The van der Waals surface area contributed by atoms with Crippen molar-refractivity contribution in [1.82, 2.24) is 14.5 Å². The van der Waals surface area contributed by atoms with E-state index >= 15 is 0 Å². The summed E-state index contributed by atoms with van der Waals surface area (Å²) < 4.78 is 41.2. The van der Waals surface area contributed by atoms with Crippen molar-refractivity contribution in [2.24, 2.45) is 0 Å². The highest BCUT2D eigenvalue weighted by Crippen LogP contribution is 2.25. The molecule has 2 N–H and O–H groups in total. The number of hydrogen-bond donors (Lipinski definition) is 2. The maximum atomic E-state index is 13.6. The Labute approximate surface area is 176 Å². The lowest BCUT2D eigenvalue weighted by molar-refractivity contribution is 0.424. The van der Waals surface area contributed by atoms with E-state index in [9.17, 15) is 12.8 Å². The minimum atomic E-state index is -3.50. The normalized spacial score (nSPS) is 15.6. The van der Waals surface area contributed by atoms with Gasteiger partial charge in [0.1, 0.15) is 5.82 Å². The van der Waals surface area contributed by atoms with Gasteiger partial charge in [-0.3, -0.25) is 5.10 Å². The molecule has 1 aliphatic heterocycles. The highest BCUT2D eigenvalue weighted by molar-refractivity contribution is 7.89. The second-order valence-corrected chi connectivity index (χ2v) is 9.42. The van der Waals surface area contributed by atoms with Gasteiger partial charge in [-0.2, -0.15) is 9.40 Å². The van der Waals surface area contributed by atoms with Crippen LogP contribution in [0.5, 0.6) is 0 Å². The molecular formula is C22H25FN4O2S. The fourth-order valence-corrected chi connectivity index (χ4v) is 5.30. The summed E-state index contributed by atoms with van der Waals surface area (Å²) in [6.07, 6.45) is 5.64. The summed E-state index contributed by atoms with van der Waals surface area (Å²) in [5.74, 6) is -0.313. The molecule has 4 rings (SSSR count). The zero-order valence-electron chi connectivity index (χ0n) is 16.6. The Morgan fingerprint density at radius 2 is 1.80 bits per heavy atom. The average molecular weight is 429 g/mol. The quantitative estimate of drug-likeness (QED) is 0.610. The van der Waals surface area contributed by atoms with Crippen LogP contribution in [0.25, 0.3) is 11.3 Å². The van der Waals surface area contributed by atoms with Crippen molar-refractivity contribution in [2.75, 3.05) is 18.4 Å². The third kappa shape index (κ3) is 4.55. The van der Waals surface area contributed by atoms with Crippen LogP contribution in [0.15, 0.2) is 59.6 Å². The number of aromatic amines is 1. The van der Waals surface area contributed by atoms with E-state index < -0.39 is 10.0 Å². The minimum absolute atomic E-state index is 0.298. The molecule has 1 saturated heterocycles. The zero-order chi connectivity index (χ0) is 21.0. The van der Waals surface area contributed by atoms with Crippen molar-refractivity contribution in [3.05, 3.63) is 66.1 Å². The molecule has 8 heteroatoms. The van der Waals surface area contributed by atoms with E-state index in [1.165, 1.54) is 12.1 Å². The highest BCUT2D eigenvalue weighted by Gasteiger charge is 2.25. The monoisotopic (exact) mass is 428 g/mol. The van der Waals surface area contributed by atoms with Gasteiger partial charge in [-0.05, 0) is 43.2 Å². The van der Waals surface area contributed by atoms with Gasteiger partial charge in [0.15, 0.2) is 0 Å². The van der Waals surface area contributed by atoms with Crippen LogP contribution in [0, 0.1) is 5.82 Å². The SMILES string of the molecule is O=S(=O)(c1cccc(NCc2cn[nH]c2-c2cccc(F)c2)c1)N1CCCCCC1. The van der Waals surface area contributed by atoms with Crippen molar-refractivity contribution >= 4 is 15.7 Å². The molecule has 0 aliphatic carbocycles. The Morgan fingerprint density at radius 3 is 2.57 bits per heavy atom. The Balaban J connectivity index is 1.50. The molecule has 1 fully saturated rings. The molecule has 30 heavy (non-hydrogen) atoms. The van der Waals surface area contributed by atoms with Gasteiger partial charge in [-0.25, -0.2) is 12.8 Å². The van der Waals surface area contributed by atoms with Crippen molar-refractivity contribution in [1.29, 1.82) is 0 Å². The summed E-state index contributed by atoms with van der Waals surface area (Å²) in [5.41, 5.74) is 3.01. The van der Waals surface area contributed by atoms with E-state index in [4.69, 9.17) is 0 Å². The molecule has 3 aromatic rings. The lowest BCUT2D eigenvalue weighted by atomic mass is 10.1. The third-order valence-electron chi connectivity index (χ3n) is 5.35. The van der Waals surface area contributed by atoms with Crippen molar-refractivity contribution in [3.8, 4) is 11.3 Å². The Kier molecular flexibility index (Phi) is 6.15. The predicted molar refractivity (Wildman–Crippen MR) is 115 cm³/mol. The molecule has 1 aliphatic rings. The number of sulfonamides is 1. The van der Waals surface area contributed by atoms with Crippen molar-refractivity contribution < 1.29 is 12.8 Å². The van der Waals surface area contributed by atoms with Gasteiger partial charge < -0.3 is 5.32 Å². The van der Waals surface area contributed by atoms with Gasteiger partial charge in [0.25, 0.3) is 0 Å². The summed E-state index contributed by atoms with van der Waals surface area (Å²) in [6.45, 7) is 1.58. The van der Waals surface area contributed by atoms with Crippen LogP contribution >= 0.6 is 0 Å². The van der Waals surface area contributed by atoms with Gasteiger partial charge >= 0.3 is 0 Å². The molecule has 0 bridgehead atoms. The molecule has 0 unspecified atom stereocenters. The largest absolute Gasteiger partial charge is 0.381 e. The number of halogens is 1. The molecular weight excluding hydrogens is 403 g/mol.